The maximum atomic E-state index is 11.9. The van der Waals surface area contributed by atoms with Crippen LogP contribution in [-0.2, 0) is 19.1 Å². The van der Waals surface area contributed by atoms with E-state index in [4.69, 9.17) is 9.47 Å². The highest BCUT2D eigenvalue weighted by Gasteiger charge is 2.37. The van der Waals surface area contributed by atoms with Gasteiger partial charge in [0.1, 0.15) is 11.4 Å². The lowest BCUT2D eigenvalue weighted by molar-refractivity contribution is -0.150. The third kappa shape index (κ3) is 5.19. The van der Waals surface area contributed by atoms with E-state index >= 15 is 0 Å². The third-order valence-corrected chi connectivity index (χ3v) is 2.96. The molecule has 0 aromatic carbocycles. The van der Waals surface area contributed by atoms with E-state index in [1.807, 2.05) is 0 Å². The molecule has 0 heterocycles. The van der Waals surface area contributed by atoms with E-state index in [0.29, 0.717) is 12.8 Å². The van der Waals surface area contributed by atoms with Gasteiger partial charge in [0.05, 0.1) is 18.6 Å². The molecule has 0 unspecified atom stereocenters. The van der Waals surface area contributed by atoms with Crippen LogP contribution in [0.1, 0.15) is 47.0 Å². The Morgan fingerprint density at radius 1 is 1.35 bits per heavy atom. The predicted octanol–water partition coefficient (Wildman–Crippen LogP) is 1.81. The summed E-state index contributed by atoms with van der Waals surface area (Å²) in [7, 11) is 0. The Hall–Kier alpha value is -1.59. The van der Waals surface area contributed by atoms with Crippen LogP contribution in [0.2, 0.25) is 0 Å². The Bertz CT molecular complexity index is 386. The Morgan fingerprint density at radius 2 is 2.00 bits per heavy atom. The number of esters is 1. The smallest absolute Gasteiger partial charge is 0.407 e. The maximum absolute atomic E-state index is 11.9. The number of carbonyl (C=O) groups is 3. The number of hydrogen-bond donors (Lipinski definition) is 1. The lowest BCUT2D eigenvalue weighted by Gasteiger charge is -2.30. The number of ether oxygens (including phenoxy) is 2. The summed E-state index contributed by atoms with van der Waals surface area (Å²) in [5, 5.41) is 2.61. The van der Waals surface area contributed by atoms with E-state index in [0.717, 1.165) is 0 Å². The van der Waals surface area contributed by atoms with E-state index in [-0.39, 0.29) is 24.8 Å². The van der Waals surface area contributed by atoms with Gasteiger partial charge in [0.15, 0.2) is 0 Å². The fourth-order valence-corrected chi connectivity index (χ4v) is 2.15. The largest absolute Gasteiger partial charge is 0.466 e. The van der Waals surface area contributed by atoms with Gasteiger partial charge in [-0.25, -0.2) is 4.79 Å². The average Bonchev–Trinajstić information content (AvgIpc) is 2.26. The first-order valence-electron chi connectivity index (χ1n) is 6.90. The summed E-state index contributed by atoms with van der Waals surface area (Å²) in [5.74, 6) is -0.826. The number of hydrogen-bond acceptors (Lipinski definition) is 5. The molecule has 0 spiro atoms. The van der Waals surface area contributed by atoms with Crippen LogP contribution in [0.15, 0.2) is 0 Å². The molecule has 1 rings (SSSR count). The van der Waals surface area contributed by atoms with Crippen molar-refractivity contribution in [2.24, 2.45) is 5.92 Å². The van der Waals surface area contributed by atoms with Crippen molar-refractivity contribution in [3.05, 3.63) is 0 Å². The topological polar surface area (TPSA) is 81.7 Å². The molecule has 1 fully saturated rings. The normalized spacial score (nSPS) is 23.1. The minimum atomic E-state index is -0.623. The number of amides is 1. The standard InChI is InChI=1S/C14H23NO5/c1-5-19-12(17)10-7-6-9(16)8-11(10)15-13(18)20-14(2,3)4/h10-11H,5-8H2,1-4H3,(H,15,18)/t10-,11-/m0/s1. The molecule has 2 atom stereocenters. The molecule has 0 aliphatic heterocycles. The number of nitrogens with one attached hydrogen (secondary N) is 1. The number of carbonyl (C=O) groups excluding carboxylic acids is 3. The first-order valence-corrected chi connectivity index (χ1v) is 6.90. The zero-order chi connectivity index (χ0) is 15.3. The Labute approximate surface area is 119 Å². The van der Waals surface area contributed by atoms with Crippen molar-refractivity contribution in [1.29, 1.82) is 0 Å². The number of rotatable bonds is 3. The van der Waals surface area contributed by atoms with Gasteiger partial charge in [-0.05, 0) is 34.1 Å². The fourth-order valence-electron chi connectivity index (χ4n) is 2.15. The van der Waals surface area contributed by atoms with Crippen molar-refractivity contribution in [2.75, 3.05) is 6.61 Å². The van der Waals surface area contributed by atoms with E-state index in [1.165, 1.54) is 0 Å². The van der Waals surface area contributed by atoms with Gasteiger partial charge in [-0.15, -0.1) is 0 Å². The summed E-state index contributed by atoms with van der Waals surface area (Å²) in [6.07, 6.45) is 0.267. The second-order valence-corrected chi connectivity index (χ2v) is 5.89. The van der Waals surface area contributed by atoms with Gasteiger partial charge in [0, 0.05) is 12.8 Å². The molecule has 1 amide bonds. The molecular formula is C14H23NO5. The summed E-state index contributed by atoms with van der Waals surface area (Å²) in [6, 6.07) is -0.551. The molecule has 1 aliphatic rings. The van der Waals surface area contributed by atoms with Crippen molar-refractivity contribution >= 4 is 17.8 Å². The average molecular weight is 285 g/mol. The van der Waals surface area contributed by atoms with Crippen LogP contribution in [0.3, 0.4) is 0 Å². The summed E-state index contributed by atoms with van der Waals surface area (Å²) < 4.78 is 10.1. The number of alkyl carbamates (subject to hydrolysis) is 1. The van der Waals surface area contributed by atoms with Crippen molar-refractivity contribution in [1.82, 2.24) is 5.32 Å². The van der Waals surface area contributed by atoms with Gasteiger partial charge in [-0.1, -0.05) is 0 Å². The summed E-state index contributed by atoms with van der Waals surface area (Å²) in [5.41, 5.74) is -0.623. The van der Waals surface area contributed by atoms with Gasteiger partial charge in [0.2, 0.25) is 0 Å². The Morgan fingerprint density at radius 3 is 2.55 bits per heavy atom. The molecule has 6 nitrogen and oxygen atoms in total. The maximum Gasteiger partial charge on any atom is 0.407 e. The van der Waals surface area contributed by atoms with Crippen LogP contribution in [0, 0.1) is 5.92 Å². The molecule has 0 radical (unpaired) electrons. The fraction of sp³-hybridized carbons (Fsp3) is 0.786. The lowest BCUT2D eigenvalue weighted by Crippen LogP contribution is -2.49. The van der Waals surface area contributed by atoms with Crippen molar-refractivity contribution in [3.8, 4) is 0 Å². The zero-order valence-electron chi connectivity index (χ0n) is 12.5. The minimum Gasteiger partial charge on any atom is -0.466 e. The monoisotopic (exact) mass is 285 g/mol. The highest BCUT2D eigenvalue weighted by Crippen LogP contribution is 2.24. The van der Waals surface area contributed by atoms with E-state index in [9.17, 15) is 14.4 Å². The van der Waals surface area contributed by atoms with E-state index in [2.05, 4.69) is 5.32 Å². The molecule has 0 aromatic heterocycles. The van der Waals surface area contributed by atoms with Gasteiger partial charge >= 0.3 is 12.1 Å². The van der Waals surface area contributed by atoms with Gasteiger partial charge in [-0.3, -0.25) is 9.59 Å². The molecule has 114 valence electrons. The van der Waals surface area contributed by atoms with Gasteiger partial charge in [0.25, 0.3) is 0 Å². The molecule has 20 heavy (non-hydrogen) atoms. The zero-order valence-corrected chi connectivity index (χ0v) is 12.5. The molecular weight excluding hydrogens is 262 g/mol. The SMILES string of the molecule is CCOC(=O)[C@H]1CCC(=O)C[C@@H]1NC(=O)OC(C)(C)C. The summed E-state index contributed by atoms with van der Waals surface area (Å²) in [4.78, 5) is 35.1. The molecule has 1 N–H and O–H groups in total. The van der Waals surface area contributed by atoms with Crippen LogP contribution in [-0.4, -0.2) is 36.1 Å². The summed E-state index contributed by atoms with van der Waals surface area (Å²) >= 11 is 0. The molecule has 0 bridgehead atoms. The first kappa shape index (κ1) is 16.5. The first-order chi connectivity index (χ1) is 9.23. The predicted molar refractivity (Wildman–Crippen MR) is 72.1 cm³/mol. The van der Waals surface area contributed by atoms with Crippen molar-refractivity contribution < 1.29 is 23.9 Å². The van der Waals surface area contributed by atoms with Crippen LogP contribution < -0.4 is 5.32 Å². The van der Waals surface area contributed by atoms with Gasteiger partial charge < -0.3 is 14.8 Å². The third-order valence-electron chi connectivity index (χ3n) is 2.96. The second-order valence-electron chi connectivity index (χ2n) is 5.89. The van der Waals surface area contributed by atoms with Crippen LogP contribution in [0.5, 0.6) is 0 Å². The van der Waals surface area contributed by atoms with Gasteiger partial charge in [-0.2, -0.15) is 0 Å². The molecule has 0 aromatic rings. The molecule has 0 saturated heterocycles. The Balaban J connectivity index is 2.68. The van der Waals surface area contributed by atoms with E-state index in [1.54, 1.807) is 27.7 Å². The second kappa shape index (κ2) is 6.72. The quantitative estimate of drug-likeness (QED) is 0.800. The van der Waals surface area contributed by atoms with Crippen LogP contribution in [0.4, 0.5) is 4.79 Å². The molecule has 6 heteroatoms. The van der Waals surface area contributed by atoms with Crippen molar-refractivity contribution in [3.63, 3.8) is 0 Å². The van der Waals surface area contributed by atoms with E-state index < -0.39 is 23.7 Å². The van der Waals surface area contributed by atoms with Crippen molar-refractivity contribution in [2.45, 2.75) is 58.6 Å². The van der Waals surface area contributed by atoms with Crippen LogP contribution >= 0.6 is 0 Å². The highest BCUT2D eigenvalue weighted by molar-refractivity contribution is 5.85. The Kier molecular flexibility index (Phi) is 5.53. The minimum absolute atomic E-state index is 0.0339. The number of ketones is 1. The molecule has 1 aliphatic carbocycles. The lowest BCUT2D eigenvalue weighted by atomic mass is 9.84. The highest BCUT2D eigenvalue weighted by atomic mass is 16.6. The van der Waals surface area contributed by atoms with Crippen LogP contribution in [0.25, 0.3) is 0 Å². The number of Topliss-reactive ketones (excluding diaryl/α,β-unsaturated/α-hetero) is 1. The molecule has 1 saturated carbocycles. The summed E-state index contributed by atoms with van der Waals surface area (Å²) in [6.45, 7) is 7.26.